The van der Waals surface area contributed by atoms with E-state index in [2.05, 4.69) is 48.4 Å². The van der Waals surface area contributed by atoms with Crippen LogP contribution >= 0.6 is 11.8 Å². The van der Waals surface area contributed by atoms with E-state index in [4.69, 9.17) is 4.98 Å². The maximum Gasteiger partial charge on any atom is 0.293 e. The summed E-state index contributed by atoms with van der Waals surface area (Å²) in [6, 6.07) is 21.6. The van der Waals surface area contributed by atoms with Gasteiger partial charge in [-0.05, 0) is 65.9 Å². The molecule has 0 aliphatic carbocycles. The lowest BCUT2D eigenvalue weighted by Gasteiger charge is -2.28. The summed E-state index contributed by atoms with van der Waals surface area (Å²) in [5.74, 6) is 2.36. The summed E-state index contributed by atoms with van der Waals surface area (Å²) < 4.78 is 1.53. The highest BCUT2D eigenvalue weighted by Crippen LogP contribution is 2.29. The average molecular weight is 568 g/mol. The van der Waals surface area contributed by atoms with Gasteiger partial charge in [0.2, 0.25) is 0 Å². The van der Waals surface area contributed by atoms with Crippen LogP contribution in [0.15, 0.2) is 77.7 Å². The van der Waals surface area contributed by atoms with Crippen LogP contribution in [0.25, 0.3) is 11.3 Å². The second-order valence-corrected chi connectivity index (χ2v) is 12.6. The summed E-state index contributed by atoms with van der Waals surface area (Å²) in [6.45, 7) is 10.5. The van der Waals surface area contributed by atoms with E-state index in [1.165, 1.54) is 15.8 Å². The van der Waals surface area contributed by atoms with Gasteiger partial charge in [-0.15, -0.1) is 0 Å². The molecule has 1 aliphatic rings. The van der Waals surface area contributed by atoms with Gasteiger partial charge in [0.15, 0.2) is 5.82 Å². The molecule has 2 N–H and O–H groups in total. The maximum absolute atomic E-state index is 13.1. The van der Waals surface area contributed by atoms with Gasteiger partial charge in [-0.2, -0.15) is 11.8 Å². The molecule has 0 bridgehead atoms. The second kappa shape index (κ2) is 11.8. The van der Waals surface area contributed by atoms with Gasteiger partial charge in [0.1, 0.15) is 0 Å². The molecule has 0 atom stereocenters. The third-order valence-electron chi connectivity index (χ3n) is 7.45. The number of nitrogens with one attached hydrogen (secondary N) is 2. The third-order valence-corrected chi connectivity index (χ3v) is 8.39. The smallest absolute Gasteiger partial charge is 0.293 e. The Morgan fingerprint density at radius 3 is 2.29 bits per heavy atom. The molecule has 5 rings (SSSR count). The first-order valence-corrected chi connectivity index (χ1v) is 15.0. The number of hydrogen-bond acceptors (Lipinski definition) is 6. The first-order chi connectivity index (χ1) is 19.6. The van der Waals surface area contributed by atoms with E-state index >= 15 is 0 Å². The highest BCUT2D eigenvalue weighted by Gasteiger charge is 2.17. The maximum atomic E-state index is 13.1. The van der Waals surface area contributed by atoms with Crippen molar-refractivity contribution in [2.24, 2.45) is 7.05 Å². The zero-order chi connectivity index (χ0) is 29.1. The molecule has 0 saturated carbocycles. The number of hydrogen-bond donors (Lipinski definition) is 2. The van der Waals surface area contributed by atoms with Crippen LogP contribution in [0.3, 0.4) is 0 Å². The molecule has 212 valence electrons. The van der Waals surface area contributed by atoms with Crippen molar-refractivity contribution in [1.82, 2.24) is 9.55 Å². The zero-order valence-corrected chi connectivity index (χ0v) is 25.1. The van der Waals surface area contributed by atoms with Gasteiger partial charge in [-0.1, -0.05) is 45.0 Å². The fourth-order valence-electron chi connectivity index (χ4n) is 4.90. The van der Waals surface area contributed by atoms with Crippen LogP contribution < -0.4 is 21.1 Å². The highest BCUT2D eigenvalue weighted by atomic mass is 32.2. The largest absolute Gasteiger partial charge is 0.370 e. The number of anilines is 4. The van der Waals surface area contributed by atoms with Gasteiger partial charge >= 0.3 is 0 Å². The van der Waals surface area contributed by atoms with Gasteiger partial charge in [0.25, 0.3) is 11.5 Å². The van der Waals surface area contributed by atoms with Crippen LogP contribution in [0.1, 0.15) is 42.3 Å². The number of carbonyl (C=O) groups is 1. The molecule has 0 radical (unpaired) electrons. The van der Waals surface area contributed by atoms with Crippen LogP contribution in [-0.4, -0.2) is 40.1 Å². The topological polar surface area (TPSA) is 79.3 Å². The molecule has 0 spiro atoms. The second-order valence-electron chi connectivity index (χ2n) is 11.4. The molecule has 1 amide bonds. The molecule has 41 heavy (non-hydrogen) atoms. The van der Waals surface area contributed by atoms with Crippen LogP contribution in [0.2, 0.25) is 0 Å². The van der Waals surface area contributed by atoms with Crippen molar-refractivity contribution in [2.45, 2.75) is 33.1 Å². The van der Waals surface area contributed by atoms with Crippen LogP contribution in [0, 0.1) is 6.92 Å². The van der Waals surface area contributed by atoms with Crippen molar-refractivity contribution >= 4 is 40.5 Å². The van der Waals surface area contributed by atoms with E-state index in [0.29, 0.717) is 16.9 Å². The van der Waals surface area contributed by atoms with Crippen LogP contribution in [0.4, 0.5) is 22.9 Å². The molecule has 1 aliphatic heterocycles. The number of thioether (sulfide) groups is 1. The van der Waals surface area contributed by atoms with E-state index in [1.54, 1.807) is 13.2 Å². The van der Waals surface area contributed by atoms with Gasteiger partial charge in [-0.25, -0.2) is 4.98 Å². The predicted octanol–water partition coefficient (Wildman–Crippen LogP) is 6.60. The Labute approximate surface area is 246 Å². The molecule has 1 fully saturated rings. The molecule has 0 unspecified atom stereocenters. The Morgan fingerprint density at radius 2 is 1.63 bits per heavy atom. The first kappa shape index (κ1) is 28.5. The molecule has 7 nitrogen and oxygen atoms in total. The highest BCUT2D eigenvalue weighted by molar-refractivity contribution is 7.99. The number of nitrogens with zero attached hydrogens (tertiary/aromatic N) is 3. The Bertz CT molecular complexity index is 1600. The number of aryl methyl sites for hydroxylation is 1. The van der Waals surface area contributed by atoms with Gasteiger partial charge in [0, 0.05) is 66.0 Å². The van der Waals surface area contributed by atoms with Crippen molar-refractivity contribution < 1.29 is 4.79 Å². The quantitative estimate of drug-likeness (QED) is 0.273. The van der Waals surface area contributed by atoms with Crippen LogP contribution in [0.5, 0.6) is 0 Å². The summed E-state index contributed by atoms with van der Waals surface area (Å²) in [5.41, 5.74) is 6.61. The van der Waals surface area contributed by atoms with Crippen molar-refractivity contribution in [1.29, 1.82) is 0 Å². The summed E-state index contributed by atoms with van der Waals surface area (Å²) in [5, 5.41) is 6.27. The molecule has 1 saturated heterocycles. The number of aromatic nitrogens is 2. The molecule has 1 aromatic heterocycles. The number of carbonyl (C=O) groups excluding carboxylic acids is 1. The number of rotatable bonds is 6. The van der Waals surface area contributed by atoms with Gasteiger partial charge in [-0.3, -0.25) is 9.59 Å². The Morgan fingerprint density at radius 1 is 0.951 bits per heavy atom. The summed E-state index contributed by atoms with van der Waals surface area (Å²) in [6.07, 6.45) is 1.73. The van der Waals surface area contributed by atoms with Gasteiger partial charge < -0.3 is 20.1 Å². The van der Waals surface area contributed by atoms with Gasteiger partial charge in [0.05, 0.1) is 5.69 Å². The van der Waals surface area contributed by atoms with E-state index in [9.17, 15) is 9.59 Å². The minimum Gasteiger partial charge on any atom is -0.370 e. The fourth-order valence-corrected chi connectivity index (χ4v) is 5.80. The van der Waals surface area contributed by atoms with E-state index in [1.807, 2.05) is 73.3 Å². The van der Waals surface area contributed by atoms with E-state index in [-0.39, 0.29) is 22.7 Å². The minimum atomic E-state index is -0.216. The molecule has 2 heterocycles. The minimum absolute atomic E-state index is 0.0201. The molecule has 4 aromatic rings. The summed E-state index contributed by atoms with van der Waals surface area (Å²) in [4.78, 5) is 33.1. The Balaban J connectivity index is 1.37. The molecule has 8 heteroatoms. The lowest BCUT2D eigenvalue weighted by Crippen LogP contribution is -2.32. The number of benzene rings is 3. The summed E-state index contributed by atoms with van der Waals surface area (Å²) in [7, 11) is 1.72. The predicted molar refractivity (Wildman–Crippen MR) is 172 cm³/mol. The first-order valence-electron chi connectivity index (χ1n) is 13.9. The standard InChI is InChI=1S/C33H37N5O2S/c1-22-27(7-6-8-28(22)36-31(39)23-9-11-24(12-10-23)33(2,3)4)29-21-37(5)32(40)30(35-29)34-25-13-15-26(16-14-25)38-17-19-41-20-18-38/h6-16,21H,17-20H2,1-5H3,(H,34,35)(H,36,39). The van der Waals surface area contributed by atoms with Crippen molar-refractivity contribution in [3.8, 4) is 11.3 Å². The third kappa shape index (κ3) is 6.49. The molecular formula is C33H37N5O2S. The lowest BCUT2D eigenvalue weighted by molar-refractivity contribution is 0.102. The van der Waals surface area contributed by atoms with E-state index < -0.39 is 0 Å². The summed E-state index contributed by atoms with van der Waals surface area (Å²) >= 11 is 1.99. The Hall–Kier alpha value is -4.04. The average Bonchev–Trinajstić information content (AvgIpc) is 2.97. The van der Waals surface area contributed by atoms with Crippen molar-refractivity contribution in [3.05, 3.63) is 100.0 Å². The fraction of sp³-hybridized carbons (Fsp3) is 0.303. The lowest BCUT2D eigenvalue weighted by atomic mass is 9.86. The molecule has 3 aromatic carbocycles. The monoisotopic (exact) mass is 567 g/mol. The Kier molecular flexibility index (Phi) is 8.22. The molecular weight excluding hydrogens is 530 g/mol. The zero-order valence-electron chi connectivity index (χ0n) is 24.3. The SMILES string of the molecule is Cc1c(NC(=O)c2ccc(C(C)(C)C)cc2)cccc1-c1cn(C)c(=O)c(Nc2ccc(N3CCSCC3)cc2)n1. The van der Waals surface area contributed by atoms with Crippen LogP contribution in [-0.2, 0) is 12.5 Å². The van der Waals surface area contributed by atoms with E-state index in [0.717, 1.165) is 41.4 Å². The number of amides is 1. The van der Waals surface area contributed by atoms with Crippen molar-refractivity contribution in [3.63, 3.8) is 0 Å². The normalized spacial score (nSPS) is 13.6. The van der Waals surface area contributed by atoms with Crippen molar-refractivity contribution in [2.75, 3.05) is 40.1 Å².